The number of primary amides is 1. The summed E-state index contributed by atoms with van der Waals surface area (Å²) in [6, 6.07) is 0. The molecular formula is C12H26N4O. The van der Waals surface area contributed by atoms with Crippen LogP contribution in [0.15, 0.2) is 0 Å². The van der Waals surface area contributed by atoms with Gasteiger partial charge >= 0.3 is 0 Å². The molecule has 3 N–H and O–H groups in total. The van der Waals surface area contributed by atoms with E-state index in [1.54, 1.807) is 0 Å². The van der Waals surface area contributed by atoms with E-state index in [-0.39, 0.29) is 5.91 Å². The second kappa shape index (κ2) is 5.80. The first-order valence-corrected chi connectivity index (χ1v) is 6.24. The monoisotopic (exact) mass is 242 g/mol. The lowest BCUT2D eigenvalue weighted by molar-refractivity contribution is -0.125. The number of nitrogens with two attached hydrogens (primary N) is 1. The van der Waals surface area contributed by atoms with Crippen molar-refractivity contribution in [3.05, 3.63) is 0 Å². The van der Waals surface area contributed by atoms with Crippen LogP contribution in [0.4, 0.5) is 0 Å². The Morgan fingerprint density at radius 3 is 2.29 bits per heavy atom. The molecule has 5 heteroatoms. The molecule has 1 saturated carbocycles. The summed E-state index contributed by atoms with van der Waals surface area (Å²) in [4.78, 5) is 16.0. The third-order valence-corrected chi connectivity index (χ3v) is 3.61. The number of carbonyl (C=O) groups excluding carboxylic acids is 1. The van der Waals surface area contributed by atoms with E-state index in [4.69, 9.17) is 5.73 Å². The van der Waals surface area contributed by atoms with Crippen molar-refractivity contribution in [2.45, 2.75) is 18.4 Å². The van der Waals surface area contributed by atoms with Crippen molar-refractivity contribution >= 4 is 5.91 Å². The molecule has 0 bridgehead atoms. The zero-order valence-corrected chi connectivity index (χ0v) is 11.5. The molecule has 1 unspecified atom stereocenters. The molecule has 0 aromatic rings. The normalized spacial score (nSPS) is 19.6. The van der Waals surface area contributed by atoms with Crippen LogP contribution in [0.5, 0.6) is 0 Å². The molecule has 1 aliphatic carbocycles. The zero-order valence-electron chi connectivity index (χ0n) is 11.5. The zero-order chi connectivity index (χ0) is 13.1. The van der Waals surface area contributed by atoms with Gasteiger partial charge in [-0.25, -0.2) is 0 Å². The lowest BCUT2D eigenvalue weighted by atomic mass is 9.91. The van der Waals surface area contributed by atoms with Crippen molar-refractivity contribution in [3.8, 4) is 0 Å². The van der Waals surface area contributed by atoms with Gasteiger partial charge in [0, 0.05) is 19.6 Å². The molecule has 0 aliphatic heterocycles. The predicted octanol–water partition coefficient (Wildman–Crippen LogP) is -0.667. The Morgan fingerprint density at radius 2 is 1.94 bits per heavy atom. The van der Waals surface area contributed by atoms with E-state index in [2.05, 4.69) is 15.1 Å². The molecule has 1 amide bonds. The second-order valence-corrected chi connectivity index (χ2v) is 5.40. The topological polar surface area (TPSA) is 61.6 Å². The Bertz CT molecular complexity index is 265. The van der Waals surface area contributed by atoms with E-state index in [1.807, 2.05) is 28.2 Å². The Morgan fingerprint density at radius 1 is 1.35 bits per heavy atom. The molecule has 0 aromatic carbocycles. The third kappa shape index (κ3) is 3.66. The van der Waals surface area contributed by atoms with E-state index in [9.17, 15) is 4.79 Å². The van der Waals surface area contributed by atoms with Crippen LogP contribution in [0, 0.1) is 5.92 Å². The largest absolute Gasteiger partial charge is 0.368 e. The number of hydrogen-bond acceptors (Lipinski definition) is 4. The van der Waals surface area contributed by atoms with Gasteiger partial charge in [0.2, 0.25) is 5.91 Å². The van der Waals surface area contributed by atoms with E-state index in [0.717, 1.165) is 25.9 Å². The minimum Gasteiger partial charge on any atom is -0.368 e. The maximum Gasteiger partial charge on any atom is 0.239 e. The van der Waals surface area contributed by atoms with Crippen molar-refractivity contribution in [2.75, 3.05) is 47.8 Å². The fourth-order valence-electron chi connectivity index (χ4n) is 2.27. The van der Waals surface area contributed by atoms with Crippen molar-refractivity contribution < 1.29 is 4.79 Å². The van der Waals surface area contributed by atoms with Gasteiger partial charge in [0.1, 0.15) is 5.54 Å². The Kier molecular flexibility index (Phi) is 4.91. The molecule has 1 atom stereocenters. The van der Waals surface area contributed by atoms with Gasteiger partial charge in [-0.05, 0) is 47.0 Å². The molecule has 100 valence electrons. The molecule has 0 spiro atoms. The van der Waals surface area contributed by atoms with Crippen LogP contribution >= 0.6 is 0 Å². The first-order valence-electron chi connectivity index (χ1n) is 6.24. The highest BCUT2D eigenvalue weighted by Gasteiger charge is 2.49. The highest BCUT2D eigenvalue weighted by atomic mass is 16.1. The van der Waals surface area contributed by atoms with Crippen LogP contribution in [0.3, 0.4) is 0 Å². The molecule has 1 fully saturated rings. The number of hydrogen-bond donors (Lipinski definition) is 2. The number of nitrogens with zero attached hydrogens (tertiary/aromatic N) is 2. The summed E-state index contributed by atoms with van der Waals surface area (Å²) in [5, 5.41) is 3.17. The van der Waals surface area contributed by atoms with Gasteiger partial charge in [-0.15, -0.1) is 0 Å². The number of carbonyl (C=O) groups is 1. The van der Waals surface area contributed by atoms with Gasteiger partial charge in [-0.2, -0.15) is 0 Å². The molecule has 1 aliphatic rings. The average Bonchev–Trinajstić information content (AvgIpc) is 3.06. The fraction of sp³-hybridized carbons (Fsp3) is 0.917. The maximum atomic E-state index is 11.7. The van der Waals surface area contributed by atoms with Crippen LogP contribution in [0.25, 0.3) is 0 Å². The van der Waals surface area contributed by atoms with Crippen LogP contribution < -0.4 is 11.1 Å². The Hall–Kier alpha value is -0.650. The van der Waals surface area contributed by atoms with Crippen LogP contribution in [0.2, 0.25) is 0 Å². The average molecular weight is 242 g/mol. The quantitative estimate of drug-likeness (QED) is 0.593. The first kappa shape index (κ1) is 14.4. The summed E-state index contributed by atoms with van der Waals surface area (Å²) in [7, 11) is 7.98. The maximum absolute atomic E-state index is 11.7. The van der Waals surface area contributed by atoms with E-state index < -0.39 is 5.54 Å². The van der Waals surface area contributed by atoms with Crippen LogP contribution in [0.1, 0.15) is 12.8 Å². The highest BCUT2D eigenvalue weighted by molar-refractivity contribution is 5.85. The number of likely N-dealkylation sites (N-methyl/N-ethyl adjacent to an activating group) is 3. The van der Waals surface area contributed by atoms with E-state index in [1.165, 1.54) is 0 Å². The number of rotatable bonds is 8. The minimum atomic E-state index is -0.541. The Labute approximate surface area is 104 Å². The molecule has 0 aromatic heterocycles. The highest BCUT2D eigenvalue weighted by Crippen LogP contribution is 2.39. The lowest BCUT2D eigenvalue weighted by Gasteiger charge is -2.35. The summed E-state index contributed by atoms with van der Waals surface area (Å²) < 4.78 is 0. The number of amides is 1. The minimum absolute atomic E-state index is 0.223. The summed E-state index contributed by atoms with van der Waals surface area (Å²) in [5.41, 5.74) is 5.05. The predicted molar refractivity (Wildman–Crippen MR) is 69.8 cm³/mol. The van der Waals surface area contributed by atoms with Crippen molar-refractivity contribution in [2.24, 2.45) is 11.7 Å². The van der Waals surface area contributed by atoms with Gasteiger partial charge in [0.05, 0.1) is 0 Å². The molecule has 1 rings (SSSR count). The molecule has 0 radical (unpaired) electrons. The first-order chi connectivity index (χ1) is 7.92. The fourth-order valence-corrected chi connectivity index (χ4v) is 2.27. The van der Waals surface area contributed by atoms with Gasteiger partial charge in [-0.3, -0.25) is 4.79 Å². The van der Waals surface area contributed by atoms with Crippen molar-refractivity contribution in [1.29, 1.82) is 0 Å². The van der Waals surface area contributed by atoms with E-state index >= 15 is 0 Å². The Balaban J connectivity index is 2.56. The third-order valence-electron chi connectivity index (χ3n) is 3.61. The molecule has 5 nitrogen and oxygen atoms in total. The lowest BCUT2D eigenvalue weighted by Crippen LogP contribution is -2.62. The smallest absolute Gasteiger partial charge is 0.239 e. The molecule has 0 heterocycles. The summed E-state index contributed by atoms with van der Waals surface area (Å²) >= 11 is 0. The summed E-state index contributed by atoms with van der Waals surface area (Å²) in [5.74, 6) is 0.186. The summed E-state index contributed by atoms with van der Waals surface area (Å²) in [6.45, 7) is 2.62. The molecule has 0 saturated heterocycles. The van der Waals surface area contributed by atoms with Gasteiger partial charge in [0.15, 0.2) is 0 Å². The van der Waals surface area contributed by atoms with E-state index in [0.29, 0.717) is 12.5 Å². The molecule has 17 heavy (non-hydrogen) atoms. The number of nitrogens with one attached hydrogen (secondary N) is 1. The second-order valence-electron chi connectivity index (χ2n) is 5.40. The van der Waals surface area contributed by atoms with Crippen molar-refractivity contribution in [1.82, 2.24) is 15.1 Å². The van der Waals surface area contributed by atoms with Gasteiger partial charge in [-0.1, -0.05) is 0 Å². The van der Waals surface area contributed by atoms with Crippen molar-refractivity contribution in [3.63, 3.8) is 0 Å². The molecular weight excluding hydrogens is 216 g/mol. The van der Waals surface area contributed by atoms with Crippen LogP contribution in [-0.2, 0) is 4.79 Å². The van der Waals surface area contributed by atoms with Gasteiger partial charge < -0.3 is 20.9 Å². The summed E-state index contributed by atoms with van der Waals surface area (Å²) in [6.07, 6.45) is 2.20. The SMILES string of the molecule is CNC(CN(C)CCN(C)C)(C(N)=O)C1CC1. The van der Waals surface area contributed by atoms with Gasteiger partial charge in [0.25, 0.3) is 0 Å². The standard InChI is InChI=1S/C12H26N4O/c1-14-12(11(13)17,10-5-6-10)9-16(4)8-7-15(2)3/h10,14H,5-9H2,1-4H3,(H2,13,17). The van der Waals surface area contributed by atoms with Crippen LogP contribution in [-0.4, -0.2) is 69.1 Å².